The molecule has 0 bridgehead atoms. The molecule has 0 spiro atoms. The molecule has 2 atom stereocenters. The van der Waals surface area contributed by atoms with Crippen molar-refractivity contribution < 1.29 is 10.2 Å². The van der Waals surface area contributed by atoms with E-state index in [-0.39, 0.29) is 11.7 Å². The lowest BCUT2D eigenvalue weighted by molar-refractivity contribution is 0.110. The van der Waals surface area contributed by atoms with Crippen LogP contribution in [0.3, 0.4) is 0 Å². The van der Waals surface area contributed by atoms with E-state index >= 15 is 0 Å². The average molecular weight is 352 g/mol. The molecule has 2 N–H and O–H groups in total. The van der Waals surface area contributed by atoms with E-state index in [1.807, 2.05) is 0 Å². The van der Waals surface area contributed by atoms with Crippen molar-refractivity contribution in [1.29, 1.82) is 0 Å². The van der Waals surface area contributed by atoms with Crippen LogP contribution in [-0.4, -0.2) is 46.6 Å². The van der Waals surface area contributed by atoms with Gasteiger partial charge in [-0.3, -0.25) is 0 Å². The number of nitrogens with zero attached hydrogens (tertiary/aromatic N) is 1. The number of aliphatic hydroxyl groups excluding tert-OH is 1. The third-order valence-electron chi connectivity index (χ3n) is 4.72. The maximum Gasteiger partial charge on any atom is 0.199 e. The lowest BCUT2D eigenvalue weighted by Crippen LogP contribution is -2.28. The van der Waals surface area contributed by atoms with Crippen molar-refractivity contribution in [3.63, 3.8) is 0 Å². The molecular formula is C18H22ClNO2S. The lowest BCUT2D eigenvalue weighted by atomic mass is 9.82. The predicted molar refractivity (Wildman–Crippen MR) is 96.2 cm³/mol. The van der Waals surface area contributed by atoms with E-state index in [9.17, 15) is 10.2 Å². The van der Waals surface area contributed by atoms with Crippen LogP contribution in [0.4, 0.5) is 0 Å². The molecule has 0 saturated heterocycles. The van der Waals surface area contributed by atoms with Crippen molar-refractivity contribution in [2.45, 2.75) is 28.7 Å². The van der Waals surface area contributed by atoms with E-state index in [4.69, 9.17) is 11.6 Å². The van der Waals surface area contributed by atoms with Crippen LogP contribution in [0.25, 0.3) is 0 Å². The first kappa shape index (κ1) is 16.9. The number of benzene rings is 1. The zero-order valence-electron chi connectivity index (χ0n) is 13.4. The molecule has 0 amide bonds. The summed E-state index contributed by atoms with van der Waals surface area (Å²) in [6.45, 7) is 1.82. The van der Waals surface area contributed by atoms with Gasteiger partial charge in [-0.1, -0.05) is 29.3 Å². The fourth-order valence-corrected chi connectivity index (χ4v) is 3.99. The zero-order chi connectivity index (χ0) is 16.6. The van der Waals surface area contributed by atoms with Crippen LogP contribution in [0.1, 0.15) is 24.3 Å². The van der Waals surface area contributed by atoms with Gasteiger partial charge in [-0.25, -0.2) is 0 Å². The van der Waals surface area contributed by atoms with E-state index in [1.165, 1.54) is 10.5 Å². The second-order valence-corrected chi connectivity index (χ2v) is 7.87. The largest absolute Gasteiger partial charge is 0.508 e. The Balaban J connectivity index is 2.02. The third kappa shape index (κ3) is 3.45. The van der Waals surface area contributed by atoms with E-state index in [2.05, 4.69) is 42.5 Å². The minimum atomic E-state index is -1.66. The Hall–Kier alpha value is -0.940. The number of halogens is 1. The van der Waals surface area contributed by atoms with Crippen LogP contribution in [0.15, 0.2) is 52.1 Å². The quantitative estimate of drug-likeness (QED) is 0.626. The van der Waals surface area contributed by atoms with Gasteiger partial charge >= 0.3 is 0 Å². The van der Waals surface area contributed by atoms with Crippen molar-refractivity contribution in [2.75, 3.05) is 26.4 Å². The maximum atomic E-state index is 10.2. The molecule has 1 aromatic rings. The average Bonchev–Trinajstić information content (AvgIpc) is 2.67. The number of alkyl halides is 1. The Kier molecular flexibility index (Phi) is 4.79. The van der Waals surface area contributed by atoms with Gasteiger partial charge in [0.25, 0.3) is 0 Å². The SMILES string of the molecule is CSc1ccc(C2CN(C)CCC3=C2C=C(O)C(O)(Cl)C3)cc1. The summed E-state index contributed by atoms with van der Waals surface area (Å²) in [5, 5.41) is 18.6. The molecule has 0 aromatic heterocycles. The second kappa shape index (κ2) is 6.52. The highest BCUT2D eigenvalue weighted by Crippen LogP contribution is 2.42. The van der Waals surface area contributed by atoms with E-state index in [0.717, 1.165) is 30.7 Å². The monoisotopic (exact) mass is 351 g/mol. The topological polar surface area (TPSA) is 43.7 Å². The Labute approximate surface area is 146 Å². The lowest BCUT2D eigenvalue weighted by Gasteiger charge is -2.30. The molecule has 124 valence electrons. The summed E-state index contributed by atoms with van der Waals surface area (Å²) < 4.78 is 0. The molecule has 3 rings (SSSR count). The van der Waals surface area contributed by atoms with Gasteiger partial charge in [-0.2, -0.15) is 0 Å². The Morgan fingerprint density at radius 3 is 2.65 bits per heavy atom. The Morgan fingerprint density at radius 2 is 2.00 bits per heavy atom. The molecule has 2 aliphatic rings. The molecule has 23 heavy (non-hydrogen) atoms. The molecule has 0 saturated carbocycles. The summed E-state index contributed by atoms with van der Waals surface area (Å²) in [5.41, 5.74) is 3.48. The van der Waals surface area contributed by atoms with Gasteiger partial charge in [0.2, 0.25) is 0 Å². The normalized spacial score (nSPS) is 29.0. The summed E-state index contributed by atoms with van der Waals surface area (Å²) in [6.07, 6.45) is 4.90. The molecule has 1 heterocycles. The van der Waals surface area contributed by atoms with E-state index < -0.39 is 5.06 Å². The van der Waals surface area contributed by atoms with Gasteiger partial charge in [0.1, 0.15) is 5.76 Å². The standard InChI is InChI=1S/C18H22ClNO2S/c1-20-8-7-13-10-18(19,22)17(21)9-15(13)16(11-20)12-3-5-14(23-2)6-4-12/h3-6,9,16,21-22H,7-8,10-11H2,1-2H3. The van der Waals surface area contributed by atoms with Gasteiger partial charge in [0.15, 0.2) is 5.06 Å². The number of thioether (sulfide) groups is 1. The van der Waals surface area contributed by atoms with Gasteiger partial charge < -0.3 is 15.1 Å². The summed E-state index contributed by atoms with van der Waals surface area (Å²) >= 11 is 7.78. The fraction of sp³-hybridized carbons (Fsp3) is 0.444. The van der Waals surface area contributed by atoms with Crippen molar-refractivity contribution in [1.82, 2.24) is 4.90 Å². The van der Waals surface area contributed by atoms with Crippen LogP contribution in [0.2, 0.25) is 0 Å². The second-order valence-electron chi connectivity index (χ2n) is 6.36. The summed E-state index contributed by atoms with van der Waals surface area (Å²) in [4.78, 5) is 3.53. The smallest absolute Gasteiger partial charge is 0.199 e. The van der Waals surface area contributed by atoms with E-state index in [0.29, 0.717) is 6.42 Å². The molecule has 1 aromatic carbocycles. The number of aliphatic hydroxyl groups is 2. The van der Waals surface area contributed by atoms with Crippen molar-refractivity contribution in [2.24, 2.45) is 0 Å². The molecule has 5 heteroatoms. The van der Waals surface area contributed by atoms with Gasteiger partial charge in [0.05, 0.1) is 0 Å². The van der Waals surface area contributed by atoms with Gasteiger partial charge in [-0.05, 0) is 49.1 Å². The first-order chi connectivity index (χ1) is 10.9. The highest BCUT2D eigenvalue weighted by atomic mass is 35.5. The molecule has 3 nitrogen and oxygen atoms in total. The highest BCUT2D eigenvalue weighted by molar-refractivity contribution is 7.98. The number of hydrogen-bond donors (Lipinski definition) is 2. The molecule has 1 aliphatic heterocycles. The maximum absolute atomic E-state index is 10.2. The highest BCUT2D eigenvalue weighted by Gasteiger charge is 2.37. The number of hydrogen-bond acceptors (Lipinski definition) is 4. The Bertz CT molecular complexity index is 651. The van der Waals surface area contributed by atoms with Crippen LogP contribution in [-0.2, 0) is 0 Å². The van der Waals surface area contributed by atoms with E-state index in [1.54, 1.807) is 17.8 Å². The zero-order valence-corrected chi connectivity index (χ0v) is 15.0. The summed E-state index contributed by atoms with van der Waals surface area (Å²) in [6, 6.07) is 8.59. The molecule has 2 unspecified atom stereocenters. The van der Waals surface area contributed by atoms with Crippen LogP contribution >= 0.6 is 23.4 Å². The summed E-state index contributed by atoms with van der Waals surface area (Å²) in [7, 11) is 2.11. The molecular weight excluding hydrogens is 330 g/mol. The number of likely N-dealkylation sites (N-methyl/N-ethyl adjacent to an activating group) is 1. The minimum absolute atomic E-state index is 0.145. The third-order valence-corrected chi connectivity index (χ3v) is 5.79. The van der Waals surface area contributed by atoms with Crippen LogP contribution < -0.4 is 0 Å². The summed E-state index contributed by atoms with van der Waals surface area (Å²) in [5.74, 6) is 0.0385. The first-order valence-corrected chi connectivity index (χ1v) is 9.38. The van der Waals surface area contributed by atoms with Crippen molar-refractivity contribution in [3.8, 4) is 0 Å². The number of allylic oxidation sites excluding steroid dienone is 1. The minimum Gasteiger partial charge on any atom is -0.508 e. The van der Waals surface area contributed by atoms with Crippen LogP contribution in [0.5, 0.6) is 0 Å². The van der Waals surface area contributed by atoms with Gasteiger partial charge in [-0.15, -0.1) is 11.8 Å². The fourth-order valence-electron chi connectivity index (χ4n) is 3.36. The molecule has 1 aliphatic carbocycles. The van der Waals surface area contributed by atoms with Crippen molar-refractivity contribution >= 4 is 23.4 Å². The number of rotatable bonds is 2. The predicted octanol–water partition coefficient (Wildman–Crippen LogP) is 3.90. The Morgan fingerprint density at radius 1 is 1.30 bits per heavy atom. The van der Waals surface area contributed by atoms with Gasteiger partial charge in [0, 0.05) is 30.3 Å². The van der Waals surface area contributed by atoms with Crippen molar-refractivity contribution in [3.05, 3.63) is 52.8 Å². The molecule has 0 fully saturated rings. The first-order valence-electron chi connectivity index (χ1n) is 7.77. The molecule has 0 radical (unpaired) electrons. The van der Waals surface area contributed by atoms with Crippen LogP contribution in [0, 0.1) is 0 Å².